The van der Waals surface area contributed by atoms with Gasteiger partial charge in [-0.25, -0.2) is 4.79 Å². The third-order valence-corrected chi connectivity index (χ3v) is 2.90. The minimum Gasteiger partial charge on any atom is -0.360 e. The van der Waals surface area contributed by atoms with E-state index in [2.05, 4.69) is 15.3 Å². The number of nitrogens with zero attached hydrogens (tertiary/aromatic N) is 2. The fourth-order valence-electron chi connectivity index (χ4n) is 1.88. The van der Waals surface area contributed by atoms with Crippen molar-refractivity contribution in [2.75, 3.05) is 7.05 Å². The predicted molar refractivity (Wildman–Crippen MR) is 65.4 cm³/mol. The van der Waals surface area contributed by atoms with E-state index < -0.39 is 6.03 Å². The minimum atomic E-state index is -0.413. The van der Waals surface area contributed by atoms with E-state index in [1.165, 1.54) is 7.05 Å². The zero-order chi connectivity index (χ0) is 12.7. The molecule has 1 aliphatic heterocycles. The Labute approximate surface area is 102 Å². The molecule has 90 valence electrons. The monoisotopic (exact) mass is 242 g/mol. The number of urea groups is 1. The second-order valence-electron chi connectivity index (χ2n) is 4.02. The highest BCUT2D eigenvalue weighted by molar-refractivity contribution is 6.14. The van der Waals surface area contributed by atoms with E-state index >= 15 is 0 Å². The standard InChI is InChI=1S/C12H10N4O2/c1-16-11(17)10(15-12(16)18)4-7-5-14-9-2-3-13-6-8(7)9/h2-6,14H,1H3,(H,15,18)/b10-4-. The lowest BCUT2D eigenvalue weighted by atomic mass is 10.2. The van der Waals surface area contributed by atoms with E-state index in [0.29, 0.717) is 0 Å². The molecule has 0 bridgehead atoms. The molecule has 2 aromatic rings. The van der Waals surface area contributed by atoms with Crippen LogP contribution in [0.1, 0.15) is 5.56 Å². The molecule has 6 heteroatoms. The van der Waals surface area contributed by atoms with Crippen molar-refractivity contribution in [2.45, 2.75) is 0 Å². The highest BCUT2D eigenvalue weighted by atomic mass is 16.2. The fourth-order valence-corrected chi connectivity index (χ4v) is 1.88. The summed E-state index contributed by atoms with van der Waals surface area (Å²) in [6, 6.07) is 1.43. The Morgan fingerprint density at radius 1 is 1.39 bits per heavy atom. The van der Waals surface area contributed by atoms with Gasteiger partial charge in [0, 0.05) is 42.1 Å². The largest absolute Gasteiger partial charge is 0.360 e. The van der Waals surface area contributed by atoms with Gasteiger partial charge in [0.2, 0.25) is 0 Å². The van der Waals surface area contributed by atoms with E-state index in [1.807, 2.05) is 6.07 Å². The molecule has 1 saturated heterocycles. The number of rotatable bonds is 1. The molecule has 0 radical (unpaired) electrons. The summed E-state index contributed by atoms with van der Waals surface area (Å²) in [7, 11) is 1.44. The predicted octanol–water partition coefficient (Wildman–Crippen LogP) is 1.09. The summed E-state index contributed by atoms with van der Waals surface area (Å²) in [6.07, 6.45) is 6.82. The topological polar surface area (TPSA) is 78.1 Å². The molecule has 0 aliphatic carbocycles. The fraction of sp³-hybridized carbons (Fsp3) is 0.0833. The molecule has 0 aromatic carbocycles. The Kier molecular flexibility index (Phi) is 2.16. The van der Waals surface area contributed by atoms with Gasteiger partial charge < -0.3 is 10.3 Å². The first kappa shape index (κ1) is 10.5. The van der Waals surface area contributed by atoms with E-state index in [0.717, 1.165) is 21.4 Å². The molecule has 0 unspecified atom stereocenters. The second kappa shape index (κ2) is 3.69. The number of aromatic nitrogens is 2. The number of imide groups is 1. The van der Waals surface area contributed by atoms with Gasteiger partial charge in [-0.15, -0.1) is 0 Å². The lowest BCUT2D eigenvalue weighted by molar-refractivity contribution is -0.121. The van der Waals surface area contributed by atoms with Crippen molar-refractivity contribution in [1.29, 1.82) is 0 Å². The Morgan fingerprint density at radius 3 is 2.94 bits per heavy atom. The Morgan fingerprint density at radius 2 is 2.22 bits per heavy atom. The van der Waals surface area contributed by atoms with Crippen molar-refractivity contribution in [1.82, 2.24) is 20.2 Å². The van der Waals surface area contributed by atoms with Crippen LogP contribution in [0.2, 0.25) is 0 Å². The first-order chi connectivity index (χ1) is 8.66. The quantitative estimate of drug-likeness (QED) is 0.580. The Hall–Kier alpha value is -2.63. The molecule has 2 aromatic heterocycles. The van der Waals surface area contributed by atoms with Gasteiger partial charge in [0.15, 0.2) is 0 Å². The van der Waals surface area contributed by atoms with Crippen molar-refractivity contribution >= 4 is 28.9 Å². The number of pyridine rings is 1. The summed E-state index contributed by atoms with van der Waals surface area (Å²) in [5, 5.41) is 3.42. The third-order valence-electron chi connectivity index (χ3n) is 2.90. The molecule has 0 saturated carbocycles. The van der Waals surface area contributed by atoms with Crippen LogP contribution in [0.15, 0.2) is 30.4 Å². The van der Waals surface area contributed by atoms with Crippen LogP contribution in [-0.2, 0) is 4.79 Å². The maximum Gasteiger partial charge on any atom is 0.328 e. The first-order valence-corrected chi connectivity index (χ1v) is 5.38. The van der Waals surface area contributed by atoms with Gasteiger partial charge in [0.05, 0.1) is 0 Å². The smallest absolute Gasteiger partial charge is 0.328 e. The van der Waals surface area contributed by atoms with Crippen LogP contribution in [0.25, 0.3) is 17.0 Å². The van der Waals surface area contributed by atoms with Gasteiger partial charge in [0.1, 0.15) is 5.70 Å². The summed E-state index contributed by atoms with van der Waals surface area (Å²) in [4.78, 5) is 31.2. The molecule has 2 N–H and O–H groups in total. The molecule has 3 amide bonds. The first-order valence-electron chi connectivity index (χ1n) is 5.38. The van der Waals surface area contributed by atoms with Gasteiger partial charge in [-0.2, -0.15) is 0 Å². The molecular weight excluding hydrogens is 232 g/mol. The van der Waals surface area contributed by atoms with E-state index in [1.54, 1.807) is 24.7 Å². The van der Waals surface area contributed by atoms with Crippen molar-refractivity contribution in [3.8, 4) is 0 Å². The van der Waals surface area contributed by atoms with Crippen LogP contribution in [0, 0.1) is 0 Å². The Balaban J connectivity index is 2.07. The molecule has 1 fully saturated rings. The number of fused-ring (bicyclic) bond motifs is 1. The van der Waals surface area contributed by atoms with E-state index in [4.69, 9.17) is 0 Å². The maximum absolute atomic E-state index is 11.7. The average Bonchev–Trinajstić information content (AvgIpc) is 2.89. The normalized spacial score (nSPS) is 17.8. The van der Waals surface area contributed by atoms with Gasteiger partial charge in [-0.05, 0) is 12.1 Å². The molecule has 0 spiro atoms. The zero-order valence-electron chi connectivity index (χ0n) is 9.60. The highest BCUT2D eigenvalue weighted by Crippen LogP contribution is 2.20. The Bertz CT molecular complexity index is 686. The molecule has 18 heavy (non-hydrogen) atoms. The van der Waals surface area contributed by atoms with Crippen molar-refractivity contribution < 1.29 is 9.59 Å². The number of hydrogen-bond donors (Lipinski definition) is 2. The molecule has 1 aliphatic rings. The molecule has 0 atom stereocenters. The summed E-state index contributed by atoms with van der Waals surface area (Å²) < 4.78 is 0. The number of carbonyl (C=O) groups excluding carboxylic acids is 2. The van der Waals surface area contributed by atoms with Gasteiger partial charge in [-0.3, -0.25) is 14.7 Å². The van der Waals surface area contributed by atoms with Crippen molar-refractivity contribution in [3.05, 3.63) is 35.9 Å². The number of nitrogens with one attached hydrogen (secondary N) is 2. The highest BCUT2D eigenvalue weighted by Gasteiger charge is 2.30. The summed E-state index contributed by atoms with van der Waals surface area (Å²) in [5.74, 6) is -0.335. The number of amides is 3. The van der Waals surface area contributed by atoms with Crippen LogP contribution in [0.5, 0.6) is 0 Å². The van der Waals surface area contributed by atoms with E-state index in [-0.39, 0.29) is 11.6 Å². The summed E-state index contributed by atoms with van der Waals surface area (Å²) in [6.45, 7) is 0. The van der Waals surface area contributed by atoms with E-state index in [9.17, 15) is 9.59 Å². The lowest BCUT2D eigenvalue weighted by Crippen LogP contribution is -2.25. The average molecular weight is 242 g/mol. The molecule has 3 heterocycles. The minimum absolute atomic E-state index is 0.271. The van der Waals surface area contributed by atoms with Crippen LogP contribution in [0.3, 0.4) is 0 Å². The van der Waals surface area contributed by atoms with Crippen LogP contribution in [-0.4, -0.2) is 33.9 Å². The van der Waals surface area contributed by atoms with Gasteiger partial charge in [-0.1, -0.05) is 0 Å². The van der Waals surface area contributed by atoms with Crippen molar-refractivity contribution in [3.63, 3.8) is 0 Å². The van der Waals surface area contributed by atoms with Crippen LogP contribution < -0.4 is 5.32 Å². The molecule has 6 nitrogen and oxygen atoms in total. The lowest BCUT2D eigenvalue weighted by Gasteiger charge is -1.99. The van der Waals surface area contributed by atoms with Crippen molar-refractivity contribution in [2.24, 2.45) is 0 Å². The number of likely N-dealkylation sites (N-methyl/N-ethyl adjacent to an activating group) is 1. The van der Waals surface area contributed by atoms with Gasteiger partial charge in [0.25, 0.3) is 5.91 Å². The maximum atomic E-state index is 11.7. The number of carbonyl (C=O) groups is 2. The van der Waals surface area contributed by atoms with Crippen LogP contribution in [0.4, 0.5) is 4.79 Å². The molecular formula is C12H10N4O2. The number of hydrogen-bond acceptors (Lipinski definition) is 3. The zero-order valence-corrected chi connectivity index (χ0v) is 9.60. The van der Waals surface area contributed by atoms with Gasteiger partial charge >= 0.3 is 6.03 Å². The second-order valence-corrected chi connectivity index (χ2v) is 4.02. The summed E-state index contributed by atoms with van der Waals surface area (Å²) >= 11 is 0. The third kappa shape index (κ3) is 1.46. The number of aromatic amines is 1. The molecule has 3 rings (SSSR count). The van der Waals surface area contributed by atoms with Crippen LogP contribution >= 0.6 is 0 Å². The SMILES string of the molecule is CN1C(=O)N/C(=C\c2c[nH]c3ccncc23)C1=O. The summed E-state index contributed by atoms with van der Waals surface area (Å²) in [5.41, 5.74) is 2.02. The number of H-pyrrole nitrogens is 1.